The molecule has 508 valence electrons. The molecule has 22 nitrogen and oxygen atoms in total. The average Bonchev–Trinajstić information content (AvgIpc) is 1.58. The average molecular weight is 1530 g/mol. The molecule has 0 saturated heterocycles. The number of imidazole rings is 3. The van der Waals surface area contributed by atoms with Crippen LogP contribution in [0.2, 0.25) is 0 Å². The second kappa shape index (κ2) is 33.0. The van der Waals surface area contributed by atoms with Crippen LogP contribution in [0.25, 0.3) is 60.9 Å². The molecule has 98 heavy (non-hydrogen) atoms. The lowest BCUT2D eigenvalue weighted by molar-refractivity contribution is 0.270. The Balaban J connectivity index is 0.000000142. The topological polar surface area (TPSA) is 315 Å². The molecule has 0 bridgehead atoms. The van der Waals surface area contributed by atoms with Crippen molar-refractivity contribution in [3.05, 3.63) is 224 Å². The molecule has 31 heteroatoms. The van der Waals surface area contributed by atoms with Crippen LogP contribution in [-0.2, 0) is 19.3 Å². The van der Waals surface area contributed by atoms with Crippen LogP contribution in [0.5, 0.6) is 0 Å². The van der Waals surface area contributed by atoms with Crippen LogP contribution < -0.4 is 21.8 Å². The first kappa shape index (κ1) is 71.7. The molecule has 0 saturated carbocycles. The molecule has 0 aliphatic heterocycles. The van der Waals surface area contributed by atoms with Crippen molar-refractivity contribution in [1.29, 1.82) is 0 Å². The Morgan fingerprint density at radius 3 is 1.38 bits per heavy atom. The predicted molar refractivity (Wildman–Crippen MR) is 378 cm³/mol. The third-order valence-corrected chi connectivity index (χ3v) is 17.1. The van der Waals surface area contributed by atoms with Gasteiger partial charge in [0.25, 0.3) is 0 Å². The van der Waals surface area contributed by atoms with Crippen molar-refractivity contribution in [1.82, 2.24) is 68.0 Å². The third kappa shape index (κ3) is 16.7. The van der Waals surface area contributed by atoms with E-state index in [0.29, 0.717) is 98.4 Å². The molecule has 0 spiro atoms. The third-order valence-electron chi connectivity index (χ3n) is 15.8. The minimum atomic E-state index is -1.65. The summed E-state index contributed by atoms with van der Waals surface area (Å²) in [4.78, 5) is 43.1. The number of rotatable bonds is 18. The number of nitrogens with two attached hydrogens (primary N) is 1. The summed E-state index contributed by atoms with van der Waals surface area (Å²) in [5.74, 6) is -0.675. The second-order valence-corrected chi connectivity index (χ2v) is 25.0. The van der Waals surface area contributed by atoms with Crippen LogP contribution in [0.1, 0.15) is 72.3 Å². The molecule has 14 aromatic rings. The molecule has 0 aliphatic rings. The standard InChI is InChI=1S/C24H22F2N6O.C19H19BrFN5O.C10H11FN2.C9H9Br2N3O.C5H5BFNO2/c1-14(13-33)21-11-30-24-23(31-20(12-32(21)24)16-7-17(25)10-27-8-16)28-6-5-15-9-29-19-4-2-3-18(26)22(15)19;1-11(10-27)15-8-24-19-18(25-16(20)9-26(15)19)22-6-5-12-7-23-14-4-2-3-13(21)17(12)14;11-8-2-1-3-9-10(8)7(4-5-12)6-13-9;1-5(4-15)6-2-12-9-8(11)13-7(10)3-14(6)9;7-5-1-4(6(9)10)2-8-3-5/h2-4,7-12,14,29,33H,5-6,13H2,1H3,(H,28,31);2-4,7-9,11,23,27H,5-6,10H2,1H3,(H,22,25);1-3,6,13H,4-5,12H2;2-3,5,15H,4H2,1H3;1-3,9-10H. The molecule has 11 aromatic heterocycles. The fourth-order valence-corrected chi connectivity index (χ4v) is 12.3. The maximum absolute atomic E-state index is 14.3. The molecule has 12 N–H and O–H groups in total. The number of benzene rings is 3. The Labute approximate surface area is 582 Å². The largest absolute Gasteiger partial charge is 0.490 e. The highest BCUT2D eigenvalue weighted by Gasteiger charge is 2.20. The highest BCUT2D eigenvalue weighted by atomic mass is 79.9. The number of aliphatic hydroxyl groups is 3. The van der Waals surface area contributed by atoms with E-state index in [1.54, 1.807) is 49.2 Å². The maximum Gasteiger partial charge on any atom is 0.490 e. The van der Waals surface area contributed by atoms with Gasteiger partial charge in [0, 0.05) is 160 Å². The Kier molecular flexibility index (Phi) is 24.2. The van der Waals surface area contributed by atoms with Crippen molar-refractivity contribution in [2.45, 2.75) is 57.8 Å². The number of aliphatic hydroxyl groups excluding tert-OH is 3. The fraction of sp³-hybridized carbons (Fsp3) is 0.224. The van der Waals surface area contributed by atoms with Crippen LogP contribution in [-0.4, -0.2) is 140 Å². The van der Waals surface area contributed by atoms with E-state index >= 15 is 0 Å². The molecular formula is C67H66BBr3F5N17O5. The van der Waals surface area contributed by atoms with Gasteiger partial charge in [-0.3, -0.25) is 23.2 Å². The van der Waals surface area contributed by atoms with E-state index in [-0.39, 0.29) is 60.5 Å². The van der Waals surface area contributed by atoms with Gasteiger partial charge >= 0.3 is 7.12 Å². The number of aromatic amines is 3. The van der Waals surface area contributed by atoms with E-state index < -0.39 is 18.8 Å². The van der Waals surface area contributed by atoms with Crippen LogP contribution in [0.15, 0.2) is 161 Å². The van der Waals surface area contributed by atoms with Crippen molar-refractivity contribution < 1.29 is 47.3 Å². The number of halogens is 8. The number of hydrogen-bond acceptors (Lipinski definition) is 16. The van der Waals surface area contributed by atoms with E-state index in [0.717, 1.165) is 79.0 Å². The van der Waals surface area contributed by atoms with Crippen molar-refractivity contribution in [2.75, 3.05) is 50.1 Å². The van der Waals surface area contributed by atoms with Gasteiger partial charge in [-0.25, -0.2) is 51.9 Å². The van der Waals surface area contributed by atoms with Gasteiger partial charge in [-0.1, -0.05) is 39.0 Å². The number of H-pyrrole nitrogens is 3. The molecule has 0 radical (unpaired) electrons. The van der Waals surface area contributed by atoms with Crippen LogP contribution in [0.4, 0.5) is 33.6 Å². The second-order valence-electron chi connectivity index (χ2n) is 22.6. The number of aromatic nitrogens is 14. The first-order valence-electron chi connectivity index (χ1n) is 30.7. The number of nitrogens with one attached hydrogen (secondary N) is 5. The molecule has 3 aromatic carbocycles. The number of fused-ring (bicyclic) bond motifs is 6. The minimum Gasteiger partial charge on any atom is -0.423 e. The van der Waals surface area contributed by atoms with E-state index in [9.17, 15) is 32.2 Å². The van der Waals surface area contributed by atoms with Crippen LogP contribution >= 0.6 is 47.8 Å². The van der Waals surface area contributed by atoms with Crippen molar-refractivity contribution in [3.63, 3.8) is 0 Å². The number of nitrogens with zero attached hydrogens (tertiary/aromatic N) is 11. The molecule has 11 heterocycles. The molecular weight excluding hydrogens is 1470 g/mol. The van der Waals surface area contributed by atoms with Crippen molar-refractivity contribution in [2.24, 2.45) is 5.73 Å². The van der Waals surface area contributed by atoms with Gasteiger partial charge in [0.1, 0.15) is 38.3 Å². The Hall–Kier alpha value is -9.05. The Morgan fingerprint density at radius 1 is 0.520 bits per heavy atom. The van der Waals surface area contributed by atoms with Crippen LogP contribution in [0.3, 0.4) is 0 Å². The van der Waals surface area contributed by atoms with E-state index in [4.69, 9.17) is 20.9 Å². The SMILES string of the molecule is CC(CO)c1cnc2c(Br)nc(Br)cn12.CC(CO)c1cnc2c(NCCc3c[nH]c4cccc(F)c34)nc(-c3cncc(F)c3)cn12.CC(CO)c1cnc2c(NCCc3c[nH]c4cccc(F)c34)nc(Br)cn12.NCCc1c[nH]c2cccc(F)c12.OB(O)c1cncc(F)c1. The fourth-order valence-electron chi connectivity index (χ4n) is 10.8. The molecule has 3 atom stereocenters. The zero-order chi connectivity index (χ0) is 69.7. The lowest BCUT2D eigenvalue weighted by Crippen LogP contribution is -2.30. The zero-order valence-electron chi connectivity index (χ0n) is 52.8. The highest BCUT2D eigenvalue weighted by Crippen LogP contribution is 2.30. The molecule has 3 unspecified atom stereocenters. The quantitative estimate of drug-likeness (QED) is 0.0281. The van der Waals surface area contributed by atoms with Gasteiger partial charge in [-0.2, -0.15) is 0 Å². The van der Waals surface area contributed by atoms with Gasteiger partial charge in [-0.15, -0.1) is 0 Å². The zero-order valence-corrected chi connectivity index (χ0v) is 57.5. The van der Waals surface area contributed by atoms with Crippen molar-refractivity contribution >= 4 is 122 Å². The van der Waals surface area contributed by atoms with E-state index in [2.05, 4.69) is 113 Å². The first-order valence-corrected chi connectivity index (χ1v) is 33.1. The summed E-state index contributed by atoms with van der Waals surface area (Å²) in [5, 5.41) is 53.7. The normalized spacial score (nSPS) is 12.2. The van der Waals surface area contributed by atoms with Gasteiger partial charge in [0.15, 0.2) is 33.2 Å². The smallest absolute Gasteiger partial charge is 0.423 e. The molecule has 0 amide bonds. The summed E-state index contributed by atoms with van der Waals surface area (Å²) in [5.41, 5.74) is 16.4. The van der Waals surface area contributed by atoms with Gasteiger partial charge in [-0.05, 0) is 139 Å². The predicted octanol–water partition coefficient (Wildman–Crippen LogP) is 11.2. The Bertz CT molecular complexity index is 5030. The first-order chi connectivity index (χ1) is 47.3. The maximum atomic E-state index is 14.3. The minimum absolute atomic E-state index is 0.0312. The van der Waals surface area contributed by atoms with Crippen LogP contribution in [0, 0.1) is 29.1 Å². The summed E-state index contributed by atoms with van der Waals surface area (Å²) in [6, 6.07) is 17.4. The highest BCUT2D eigenvalue weighted by molar-refractivity contribution is 9.11. The molecule has 0 fully saturated rings. The number of pyridine rings is 2. The Morgan fingerprint density at radius 2 is 0.939 bits per heavy atom. The number of anilines is 2. The van der Waals surface area contributed by atoms with E-state index in [1.165, 1.54) is 30.5 Å². The molecule has 14 rings (SSSR count). The lowest BCUT2D eigenvalue weighted by Gasteiger charge is -2.13. The van der Waals surface area contributed by atoms with E-state index in [1.807, 2.05) is 83.2 Å². The summed E-state index contributed by atoms with van der Waals surface area (Å²) in [7, 11) is -1.65. The lowest BCUT2D eigenvalue weighted by atomic mass is 9.82. The van der Waals surface area contributed by atoms with Gasteiger partial charge in [0.2, 0.25) is 0 Å². The monoisotopic (exact) mass is 1530 g/mol. The van der Waals surface area contributed by atoms with Gasteiger partial charge < -0.3 is 56.7 Å². The van der Waals surface area contributed by atoms with Gasteiger partial charge in [0.05, 0.1) is 37.9 Å². The summed E-state index contributed by atoms with van der Waals surface area (Å²) >= 11 is 10.1. The molecule has 0 aliphatic carbocycles. The van der Waals surface area contributed by atoms with Crippen molar-refractivity contribution in [3.8, 4) is 11.3 Å². The summed E-state index contributed by atoms with van der Waals surface area (Å²) in [6.45, 7) is 7.50. The number of hydrogen-bond donors (Lipinski definition) is 11. The summed E-state index contributed by atoms with van der Waals surface area (Å²) in [6.07, 6.45) is 22.9. The summed E-state index contributed by atoms with van der Waals surface area (Å²) < 4.78 is 75.6.